The first-order chi connectivity index (χ1) is 9.08. The molecule has 0 unspecified atom stereocenters. The van der Waals surface area contributed by atoms with Gasteiger partial charge in [-0.2, -0.15) is 0 Å². The molecule has 4 heteroatoms. The molecule has 0 aromatic heterocycles. The largest absolute Gasteiger partial charge is 0.396 e. The second-order valence-electron chi connectivity index (χ2n) is 4.37. The number of hydrogen-bond donors (Lipinski definition) is 2. The van der Waals surface area contributed by atoms with Gasteiger partial charge in [-0.05, 0) is 24.6 Å². The lowest BCUT2D eigenvalue weighted by Gasteiger charge is -2.08. The van der Waals surface area contributed by atoms with Gasteiger partial charge < -0.3 is 11.1 Å². The van der Waals surface area contributed by atoms with Crippen molar-refractivity contribution in [2.24, 2.45) is 0 Å². The minimum atomic E-state index is -0.580. The molecule has 0 aliphatic carbocycles. The van der Waals surface area contributed by atoms with Gasteiger partial charge in [0.05, 0.1) is 11.3 Å². The third-order valence-corrected chi connectivity index (χ3v) is 2.83. The second-order valence-corrected chi connectivity index (χ2v) is 4.37. The number of halogens is 1. The zero-order chi connectivity index (χ0) is 13.8. The van der Waals surface area contributed by atoms with Crippen LogP contribution in [0, 0.1) is 12.7 Å². The number of hydrogen-bond acceptors (Lipinski definition) is 2. The third-order valence-electron chi connectivity index (χ3n) is 2.83. The van der Waals surface area contributed by atoms with E-state index < -0.39 is 5.82 Å². The Morgan fingerprint density at radius 3 is 2.74 bits per heavy atom. The smallest absolute Gasteiger partial charge is 0.253 e. The lowest BCUT2D eigenvalue weighted by atomic mass is 10.1. The van der Waals surface area contributed by atoms with Gasteiger partial charge in [0.1, 0.15) is 5.82 Å². The van der Waals surface area contributed by atoms with Gasteiger partial charge in [-0.3, -0.25) is 4.79 Å². The highest BCUT2D eigenvalue weighted by Crippen LogP contribution is 2.15. The number of para-hydroxylation sites is 1. The quantitative estimate of drug-likeness (QED) is 0.831. The van der Waals surface area contributed by atoms with Crippen LogP contribution in [-0.4, -0.2) is 5.91 Å². The molecule has 0 saturated carbocycles. The normalized spacial score (nSPS) is 10.2. The standard InChI is InChI=1S/C15H15FN2O/c1-10-4-2-5-11(8-10)9-18-15(19)12-6-3-7-13(16)14(12)17/h2-8H,9,17H2,1H3,(H,18,19). The number of carbonyl (C=O) groups is 1. The zero-order valence-corrected chi connectivity index (χ0v) is 10.6. The number of nitrogens with one attached hydrogen (secondary N) is 1. The van der Waals surface area contributed by atoms with Crippen LogP contribution in [0.3, 0.4) is 0 Å². The summed E-state index contributed by atoms with van der Waals surface area (Å²) in [5.74, 6) is -0.957. The summed E-state index contributed by atoms with van der Waals surface area (Å²) in [6.45, 7) is 2.37. The van der Waals surface area contributed by atoms with Crippen LogP contribution in [0.4, 0.5) is 10.1 Å². The van der Waals surface area contributed by atoms with Crippen molar-refractivity contribution in [3.63, 3.8) is 0 Å². The Bertz CT molecular complexity index is 611. The summed E-state index contributed by atoms with van der Waals surface area (Å²) in [5.41, 5.74) is 7.69. The summed E-state index contributed by atoms with van der Waals surface area (Å²) in [7, 11) is 0. The maximum absolute atomic E-state index is 13.3. The molecular weight excluding hydrogens is 243 g/mol. The molecule has 0 spiro atoms. The first-order valence-electron chi connectivity index (χ1n) is 5.95. The van der Waals surface area contributed by atoms with E-state index >= 15 is 0 Å². The van der Waals surface area contributed by atoms with Crippen molar-refractivity contribution in [1.29, 1.82) is 0 Å². The minimum Gasteiger partial charge on any atom is -0.396 e. The van der Waals surface area contributed by atoms with Crippen molar-refractivity contribution < 1.29 is 9.18 Å². The first kappa shape index (κ1) is 13.1. The van der Waals surface area contributed by atoms with Gasteiger partial charge in [-0.25, -0.2) is 4.39 Å². The molecular formula is C15H15FN2O. The van der Waals surface area contributed by atoms with Crippen LogP contribution in [0.5, 0.6) is 0 Å². The Kier molecular flexibility index (Phi) is 3.80. The van der Waals surface area contributed by atoms with E-state index in [9.17, 15) is 9.18 Å². The van der Waals surface area contributed by atoms with Crippen LogP contribution in [0.1, 0.15) is 21.5 Å². The van der Waals surface area contributed by atoms with Crippen molar-refractivity contribution in [3.8, 4) is 0 Å². The molecule has 2 aromatic carbocycles. The maximum Gasteiger partial charge on any atom is 0.253 e. The van der Waals surface area contributed by atoms with E-state index in [1.807, 2.05) is 31.2 Å². The highest BCUT2D eigenvalue weighted by molar-refractivity contribution is 5.99. The van der Waals surface area contributed by atoms with E-state index in [2.05, 4.69) is 5.32 Å². The Morgan fingerprint density at radius 2 is 2.00 bits per heavy atom. The van der Waals surface area contributed by atoms with Gasteiger partial charge >= 0.3 is 0 Å². The molecule has 0 atom stereocenters. The molecule has 19 heavy (non-hydrogen) atoms. The van der Waals surface area contributed by atoms with E-state index in [1.54, 1.807) is 0 Å². The number of anilines is 1. The number of amides is 1. The number of aryl methyl sites for hydroxylation is 1. The number of benzene rings is 2. The van der Waals surface area contributed by atoms with Crippen LogP contribution in [0.25, 0.3) is 0 Å². The van der Waals surface area contributed by atoms with Gasteiger partial charge in [-0.15, -0.1) is 0 Å². The average molecular weight is 258 g/mol. The highest BCUT2D eigenvalue weighted by atomic mass is 19.1. The number of nitrogen functional groups attached to an aromatic ring is 1. The highest BCUT2D eigenvalue weighted by Gasteiger charge is 2.11. The topological polar surface area (TPSA) is 55.1 Å². The number of rotatable bonds is 3. The summed E-state index contributed by atoms with van der Waals surface area (Å²) in [6.07, 6.45) is 0. The van der Waals surface area contributed by atoms with Gasteiger partial charge in [-0.1, -0.05) is 35.9 Å². The number of nitrogens with two attached hydrogens (primary N) is 1. The van der Waals surface area contributed by atoms with E-state index in [-0.39, 0.29) is 17.2 Å². The molecule has 0 aliphatic heterocycles. The summed E-state index contributed by atoms with van der Waals surface area (Å²) >= 11 is 0. The van der Waals surface area contributed by atoms with E-state index in [4.69, 9.17) is 5.73 Å². The summed E-state index contributed by atoms with van der Waals surface area (Å²) in [6, 6.07) is 12.0. The predicted molar refractivity (Wildman–Crippen MR) is 73.2 cm³/mol. The van der Waals surface area contributed by atoms with E-state index in [0.29, 0.717) is 6.54 Å². The van der Waals surface area contributed by atoms with Crippen LogP contribution in [-0.2, 0) is 6.54 Å². The lowest BCUT2D eigenvalue weighted by Crippen LogP contribution is -2.24. The lowest BCUT2D eigenvalue weighted by molar-refractivity contribution is 0.0951. The van der Waals surface area contributed by atoms with Crippen molar-refractivity contribution in [2.75, 3.05) is 5.73 Å². The van der Waals surface area contributed by atoms with Crippen molar-refractivity contribution in [1.82, 2.24) is 5.32 Å². The van der Waals surface area contributed by atoms with Crippen molar-refractivity contribution in [2.45, 2.75) is 13.5 Å². The molecule has 0 fully saturated rings. The van der Waals surface area contributed by atoms with E-state index in [1.165, 1.54) is 18.2 Å². The first-order valence-corrected chi connectivity index (χ1v) is 5.95. The van der Waals surface area contributed by atoms with Gasteiger partial charge in [0, 0.05) is 6.54 Å². The number of carbonyl (C=O) groups excluding carboxylic acids is 1. The molecule has 2 aromatic rings. The van der Waals surface area contributed by atoms with Gasteiger partial charge in [0.25, 0.3) is 5.91 Å². The minimum absolute atomic E-state index is 0.121. The average Bonchev–Trinajstić information content (AvgIpc) is 2.39. The van der Waals surface area contributed by atoms with Gasteiger partial charge in [0.2, 0.25) is 0 Å². The predicted octanol–water partition coefficient (Wildman–Crippen LogP) is 2.65. The fourth-order valence-electron chi connectivity index (χ4n) is 1.83. The van der Waals surface area contributed by atoms with Crippen molar-refractivity contribution >= 4 is 11.6 Å². The summed E-state index contributed by atoms with van der Waals surface area (Å²) < 4.78 is 13.3. The molecule has 0 bridgehead atoms. The Labute approximate surface area is 111 Å². The molecule has 0 saturated heterocycles. The second kappa shape index (κ2) is 5.52. The SMILES string of the molecule is Cc1cccc(CNC(=O)c2cccc(F)c2N)c1. The summed E-state index contributed by atoms with van der Waals surface area (Å²) in [4.78, 5) is 11.9. The van der Waals surface area contributed by atoms with Crippen LogP contribution < -0.4 is 11.1 Å². The molecule has 0 heterocycles. The molecule has 2 rings (SSSR count). The Hall–Kier alpha value is -2.36. The zero-order valence-electron chi connectivity index (χ0n) is 10.6. The summed E-state index contributed by atoms with van der Waals surface area (Å²) in [5, 5.41) is 2.72. The van der Waals surface area contributed by atoms with Gasteiger partial charge in [0.15, 0.2) is 0 Å². The van der Waals surface area contributed by atoms with Crippen molar-refractivity contribution in [3.05, 3.63) is 65.0 Å². The third kappa shape index (κ3) is 3.10. The maximum atomic E-state index is 13.3. The molecule has 3 N–H and O–H groups in total. The fourth-order valence-corrected chi connectivity index (χ4v) is 1.83. The molecule has 98 valence electrons. The van der Waals surface area contributed by atoms with Crippen LogP contribution in [0.2, 0.25) is 0 Å². The fraction of sp³-hybridized carbons (Fsp3) is 0.133. The monoisotopic (exact) mass is 258 g/mol. The molecule has 0 radical (unpaired) electrons. The van der Waals surface area contributed by atoms with Crippen LogP contribution in [0.15, 0.2) is 42.5 Å². The Morgan fingerprint density at radius 1 is 1.26 bits per heavy atom. The Balaban J connectivity index is 2.08. The molecule has 1 amide bonds. The van der Waals surface area contributed by atoms with E-state index in [0.717, 1.165) is 11.1 Å². The molecule has 0 aliphatic rings. The molecule has 3 nitrogen and oxygen atoms in total. The van der Waals surface area contributed by atoms with Crippen LogP contribution >= 0.6 is 0 Å².